The van der Waals surface area contributed by atoms with E-state index in [0.29, 0.717) is 23.5 Å². The van der Waals surface area contributed by atoms with Gasteiger partial charge in [-0.15, -0.1) is 0 Å². The van der Waals surface area contributed by atoms with Crippen LogP contribution in [0, 0.1) is 0 Å². The molecule has 5 nitrogen and oxygen atoms in total. The van der Waals surface area contributed by atoms with Gasteiger partial charge in [-0.25, -0.2) is 0 Å². The van der Waals surface area contributed by atoms with E-state index in [1.54, 1.807) is 36.3 Å². The number of benzene rings is 2. The molecule has 2 aromatic rings. The van der Waals surface area contributed by atoms with E-state index in [2.05, 4.69) is 0 Å². The Kier molecular flexibility index (Phi) is 5.60. The number of rotatable bonds is 6. The third-order valence-electron chi connectivity index (χ3n) is 3.56. The second-order valence-corrected chi connectivity index (χ2v) is 5.55. The molecule has 5 heteroatoms. The Morgan fingerprint density at radius 3 is 2.30 bits per heavy atom. The van der Waals surface area contributed by atoms with Crippen molar-refractivity contribution in [2.75, 3.05) is 44.9 Å². The lowest BCUT2D eigenvalue weighted by atomic mass is 10.1. The molecule has 1 amide bonds. The minimum Gasteiger partial charge on any atom is -0.496 e. The zero-order valence-corrected chi connectivity index (χ0v) is 13.8. The van der Waals surface area contributed by atoms with Gasteiger partial charge in [-0.1, -0.05) is 12.1 Å². The molecule has 2 rings (SSSR count). The van der Waals surface area contributed by atoms with Gasteiger partial charge in [0.1, 0.15) is 5.75 Å². The summed E-state index contributed by atoms with van der Waals surface area (Å²) < 4.78 is 5.32. The van der Waals surface area contributed by atoms with Crippen LogP contribution < -0.4 is 15.4 Å². The Hall–Kier alpha value is -2.53. The highest BCUT2D eigenvalue weighted by atomic mass is 16.5. The van der Waals surface area contributed by atoms with Crippen molar-refractivity contribution in [3.8, 4) is 5.75 Å². The Morgan fingerprint density at radius 1 is 1.04 bits per heavy atom. The van der Waals surface area contributed by atoms with E-state index in [9.17, 15) is 4.79 Å². The lowest BCUT2D eigenvalue weighted by Gasteiger charge is -2.25. The third kappa shape index (κ3) is 4.23. The van der Waals surface area contributed by atoms with Gasteiger partial charge in [0.2, 0.25) is 0 Å². The van der Waals surface area contributed by atoms with Crippen LogP contribution in [0.4, 0.5) is 11.4 Å². The number of para-hydroxylation sites is 1. The quantitative estimate of drug-likeness (QED) is 0.832. The zero-order valence-electron chi connectivity index (χ0n) is 13.8. The van der Waals surface area contributed by atoms with E-state index in [-0.39, 0.29) is 5.91 Å². The van der Waals surface area contributed by atoms with Crippen molar-refractivity contribution < 1.29 is 9.53 Å². The predicted molar refractivity (Wildman–Crippen MR) is 94.1 cm³/mol. The van der Waals surface area contributed by atoms with Crippen molar-refractivity contribution in [3.05, 3.63) is 54.1 Å². The molecule has 0 aliphatic heterocycles. The molecule has 0 spiro atoms. The van der Waals surface area contributed by atoms with Crippen LogP contribution in [0.25, 0.3) is 0 Å². The summed E-state index contributed by atoms with van der Waals surface area (Å²) in [5.74, 6) is 0.483. The Labute approximate surface area is 137 Å². The molecular weight excluding hydrogens is 290 g/mol. The standard InChI is InChI=1S/C18H23N3O2/c1-20(2)12-13-21(15-10-8-14(19)9-11-15)18(22)16-6-4-5-7-17(16)23-3/h4-11H,12-13,19H2,1-3H3. The molecule has 0 aliphatic carbocycles. The number of methoxy groups -OCH3 is 1. The van der Waals surface area contributed by atoms with Gasteiger partial charge in [0.05, 0.1) is 12.7 Å². The number of likely N-dealkylation sites (N-methyl/N-ethyl adjacent to an activating group) is 1. The zero-order chi connectivity index (χ0) is 16.8. The molecule has 0 saturated carbocycles. The average molecular weight is 313 g/mol. The minimum atomic E-state index is -0.0888. The SMILES string of the molecule is COc1ccccc1C(=O)N(CCN(C)C)c1ccc(N)cc1. The van der Waals surface area contributed by atoms with Crippen LogP contribution in [-0.2, 0) is 0 Å². The van der Waals surface area contributed by atoms with Crippen molar-refractivity contribution in [2.45, 2.75) is 0 Å². The highest BCUT2D eigenvalue weighted by Crippen LogP contribution is 2.24. The second kappa shape index (κ2) is 7.65. The molecule has 0 radical (unpaired) electrons. The first-order valence-corrected chi connectivity index (χ1v) is 7.48. The fourth-order valence-corrected chi connectivity index (χ4v) is 2.27. The van der Waals surface area contributed by atoms with Crippen LogP contribution >= 0.6 is 0 Å². The van der Waals surface area contributed by atoms with Crippen LogP contribution in [0.1, 0.15) is 10.4 Å². The predicted octanol–water partition coefficient (Wildman–Crippen LogP) is 2.49. The molecule has 0 fully saturated rings. The Morgan fingerprint density at radius 2 is 1.70 bits per heavy atom. The van der Waals surface area contributed by atoms with Gasteiger partial charge in [0.15, 0.2) is 0 Å². The van der Waals surface area contributed by atoms with Crippen molar-refractivity contribution in [1.82, 2.24) is 4.90 Å². The van der Waals surface area contributed by atoms with Crippen LogP contribution in [-0.4, -0.2) is 45.1 Å². The number of ether oxygens (including phenoxy) is 1. The maximum atomic E-state index is 13.0. The first-order chi connectivity index (χ1) is 11.0. The third-order valence-corrected chi connectivity index (χ3v) is 3.56. The summed E-state index contributed by atoms with van der Waals surface area (Å²) in [6, 6.07) is 14.6. The lowest BCUT2D eigenvalue weighted by molar-refractivity contribution is 0.0982. The summed E-state index contributed by atoms with van der Waals surface area (Å²) in [4.78, 5) is 16.8. The van der Waals surface area contributed by atoms with Gasteiger partial charge in [-0.3, -0.25) is 4.79 Å². The molecule has 0 saturated heterocycles. The number of nitrogens with two attached hydrogens (primary N) is 1. The lowest BCUT2D eigenvalue weighted by Crippen LogP contribution is -2.37. The number of carbonyl (C=O) groups is 1. The average Bonchev–Trinajstić information content (AvgIpc) is 2.56. The normalized spacial score (nSPS) is 10.6. The summed E-state index contributed by atoms with van der Waals surface area (Å²) in [5.41, 5.74) is 7.79. The smallest absolute Gasteiger partial charge is 0.262 e. The van der Waals surface area contributed by atoms with Crippen molar-refractivity contribution in [2.24, 2.45) is 0 Å². The van der Waals surface area contributed by atoms with E-state index >= 15 is 0 Å². The van der Waals surface area contributed by atoms with Gasteiger partial charge in [-0.2, -0.15) is 0 Å². The molecule has 23 heavy (non-hydrogen) atoms. The first-order valence-electron chi connectivity index (χ1n) is 7.48. The fraction of sp³-hybridized carbons (Fsp3) is 0.278. The van der Waals surface area contributed by atoms with Gasteiger partial charge in [0, 0.05) is 24.5 Å². The number of nitrogens with zero attached hydrogens (tertiary/aromatic N) is 2. The topological polar surface area (TPSA) is 58.8 Å². The van der Waals surface area contributed by atoms with Crippen LogP contribution in [0.5, 0.6) is 5.75 Å². The number of anilines is 2. The summed E-state index contributed by atoms with van der Waals surface area (Å²) >= 11 is 0. The molecule has 122 valence electrons. The Bertz CT molecular complexity index is 654. The number of nitrogen functional groups attached to an aromatic ring is 1. The second-order valence-electron chi connectivity index (χ2n) is 5.55. The number of amides is 1. The van der Waals surface area contributed by atoms with Gasteiger partial charge >= 0.3 is 0 Å². The van der Waals surface area contributed by atoms with Crippen LogP contribution in [0.2, 0.25) is 0 Å². The Balaban J connectivity index is 2.35. The van der Waals surface area contributed by atoms with E-state index in [1.165, 1.54) is 0 Å². The van der Waals surface area contributed by atoms with Gasteiger partial charge < -0.3 is 20.3 Å². The highest BCUT2D eigenvalue weighted by molar-refractivity contribution is 6.08. The maximum Gasteiger partial charge on any atom is 0.262 e. The largest absolute Gasteiger partial charge is 0.496 e. The van der Waals surface area contributed by atoms with E-state index in [0.717, 1.165) is 12.2 Å². The van der Waals surface area contributed by atoms with Crippen molar-refractivity contribution in [3.63, 3.8) is 0 Å². The molecule has 0 atom stereocenters. The van der Waals surface area contributed by atoms with Crippen molar-refractivity contribution >= 4 is 17.3 Å². The van der Waals surface area contributed by atoms with E-state index in [4.69, 9.17) is 10.5 Å². The van der Waals surface area contributed by atoms with E-state index in [1.807, 2.05) is 43.3 Å². The summed E-state index contributed by atoms with van der Waals surface area (Å²) in [7, 11) is 5.53. The molecular formula is C18H23N3O2. The molecule has 0 heterocycles. The fourth-order valence-electron chi connectivity index (χ4n) is 2.27. The highest BCUT2D eigenvalue weighted by Gasteiger charge is 2.20. The van der Waals surface area contributed by atoms with Crippen molar-refractivity contribution in [1.29, 1.82) is 0 Å². The minimum absolute atomic E-state index is 0.0888. The monoisotopic (exact) mass is 313 g/mol. The van der Waals surface area contributed by atoms with Gasteiger partial charge in [-0.05, 0) is 50.5 Å². The maximum absolute atomic E-state index is 13.0. The number of carbonyl (C=O) groups excluding carboxylic acids is 1. The molecule has 0 unspecified atom stereocenters. The summed E-state index contributed by atoms with van der Waals surface area (Å²) in [5, 5.41) is 0. The molecule has 0 aliphatic rings. The number of hydrogen-bond donors (Lipinski definition) is 1. The van der Waals surface area contributed by atoms with Gasteiger partial charge in [0.25, 0.3) is 5.91 Å². The van der Waals surface area contributed by atoms with Crippen LogP contribution in [0.3, 0.4) is 0 Å². The van der Waals surface area contributed by atoms with Crippen LogP contribution in [0.15, 0.2) is 48.5 Å². The molecule has 0 aromatic heterocycles. The molecule has 2 aromatic carbocycles. The molecule has 2 N–H and O–H groups in total. The number of hydrogen-bond acceptors (Lipinski definition) is 4. The summed E-state index contributed by atoms with van der Waals surface area (Å²) in [6.07, 6.45) is 0. The first kappa shape index (κ1) is 16.8. The summed E-state index contributed by atoms with van der Waals surface area (Å²) in [6.45, 7) is 1.33. The van der Waals surface area contributed by atoms with E-state index < -0.39 is 0 Å². The molecule has 0 bridgehead atoms.